The molecule has 1 saturated heterocycles. The van der Waals surface area contributed by atoms with Crippen molar-refractivity contribution >= 4 is 11.9 Å². The van der Waals surface area contributed by atoms with E-state index in [4.69, 9.17) is 14.6 Å². The highest BCUT2D eigenvalue weighted by atomic mass is 16.6. The molecule has 0 amide bonds. The first-order valence-corrected chi connectivity index (χ1v) is 5.75. The molecule has 1 fully saturated rings. The third kappa shape index (κ3) is 7.62. The number of carboxylic acids is 1. The maximum absolute atomic E-state index is 10.7. The average molecular weight is 256 g/mol. The standard InChI is InChI=1S/C7H10O3.C6H10O2/c1-5(2)7(8)10-4-6-3-9-6;1-3-5(4-2)6(7)8/h6H,1,3-4H2,2H3;3H,4H2,1-2H3,(H,7,8). The fraction of sp³-hybridized carbons (Fsp3) is 0.538. The highest BCUT2D eigenvalue weighted by Gasteiger charge is 2.24. The molecule has 5 heteroatoms. The number of epoxide rings is 1. The van der Waals surface area contributed by atoms with Crippen molar-refractivity contribution in [2.24, 2.45) is 0 Å². The summed E-state index contributed by atoms with van der Waals surface area (Å²) in [4.78, 5) is 20.8. The summed E-state index contributed by atoms with van der Waals surface area (Å²) in [7, 11) is 0. The lowest BCUT2D eigenvalue weighted by molar-refractivity contribution is -0.139. The molecule has 1 unspecified atom stereocenters. The number of allylic oxidation sites excluding steroid dienone is 1. The van der Waals surface area contributed by atoms with E-state index in [0.717, 1.165) is 0 Å². The van der Waals surface area contributed by atoms with Gasteiger partial charge in [-0.1, -0.05) is 19.6 Å². The Morgan fingerprint density at radius 1 is 1.56 bits per heavy atom. The third-order valence-corrected chi connectivity index (χ3v) is 2.16. The summed E-state index contributed by atoms with van der Waals surface area (Å²) in [5, 5.41) is 8.30. The van der Waals surface area contributed by atoms with E-state index in [1.807, 2.05) is 6.92 Å². The number of esters is 1. The molecule has 18 heavy (non-hydrogen) atoms. The molecule has 1 rings (SSSR count). The topological polar surface area (TPSA) is 76.1 Å². The molecular weight excluding hydrogens is 236 g/mol. The van der Waals surface area contributed by atoms with Crippen molar-refractivity contribution in [3.63, 3.8) is 0 Å². The minimum Gasteiger partial charge on any atom is -0.478 e. The molecular formula is C13H20O5. The quantitative estimate of drug-likeness (QED) is 0.462. The van der Waals surface area contributed by atoms with Crippen molar-refractivity contribution in [1.29, 1.82) is 0 Å². The van der Waals surface area contributed by atoms with E-state index in [1.165, 1.54) is 0 Å². The van der Waals surface area contributed by atoms with Gasteiger partial charge in [-0.05, 0) is 20.3 Å². The van der Waals surface area contributed by atoms with Crippen molar-refractivity contribution in [2.75, 3.05) is 13.2 Å². The summed E-state index contributed by atoms with van der Waals surface area (Å²) < 4.78 is 9.60. The highest BCUT2D eigenvalue weighted by Crippen LogP contribution is 2.09. The summed E-state index contributed by atoms with van der Waals surface area (Å²) in [6.07, 6.45) is 2.36. The molecule has 0 radical (unpaired) electrons. The Hall–Kier alpha value is -1.62. The van der Waals surface area contributed by atoms with Gasteiger partial charge in [0.25, 0.3) is 0 Å². The molecule has 1 N–H and O–H groups in total. The van der Waals surface area contributed by atoms with E-state index < -0.39 is 5.97 Å². The van der Waals surface area contributed by atoms with Crippen LogP contribution in [0.3, 0.4) is 0 Å². The molecule has 1 aliphatic heterocycles. The van der Waals surface area contributed by atoms with Crippen molar-refractivity contribution in [3.8, 4) is 0 Å². The van der Waals surface area contributed by atoms with E-state index in [2.05, 4.69) is 6.58 Å². The van der Waals surface area contributed by atoms with Gasteiger partial charge in [-0.3, -0.25) is 0 Å². The number of ether oxygens (including phenoxy) is 2. The second kappa shape index (κ2) is 8.47. The van der Waals surface area contributed by atoms with Gasteiger partial charge in [-0.15, -0.1) is 0 Å². The fourth-order valence-electron chi connectivity index (χ4n) is 0.935. The lowest BCUT2D eigenvalue weighted by atomic mass is 10.2. The Balaban J connectivity index is 0.000000331. The van der Waals surface area contributed by atoms with Crippen LogP contribution in [-0.2, 0) is 19.1 Å². The van der Waals surface area contributed by atoms with Crippen LogP contribution >= 0.6 is 0 Å². The van der Waals surface area contributed by atoms with Gasteiger partial charge in [-0.25, -0.2) is 9.59 Å². The maximum atomic E-state index is 10.7. The molecule has 1 heterocycles. The molecule has 0 spiro atoms. The minimum atomic E-state index is -0.810. The minimum absolute atomic E-state index is 0.142. The van der Waals surface area contributed by atoms with Crippen LogP contribution in [0, 0.1) is 0 Å². The van der Waals surface area contributed by atoms with Crippen LogP contribution in [0.2, 0.25) is 0 Å². The molecule has 0 bridgehead atoms. The second-order valence-corrected chi connectivity index (χ2v) is 3.81. The van der Waals surface area contributed by atoms with Gasteiger partial charge in [0.15, 0.2) is 0 Å². The van der Waals surface area contributed by atoms with Crippen molar-refractivity contribution in [2.45, 2.75) is 33.3 Å². The van der Waals surface area contributed by atoms with Crippen molar-refractivity contribution < 1.29 is 24.2 Å². The summed E-state index contributed by atoms with van der Waals surface area (Å²) in [5.41, 5.74) is 0.908. The number of carboxylic acid groups (broad SMARTS) is 1. The van der Waals surface area contributed by atoms with Gasteiger partial charge in [0.2, 0.25) is 0 Å². The molecule has 5 nitrogen and oxygen atoms in total. The van der Waals surface area contributed by atoms with E-state index in [1.54, 1.807) is 19.9 Å². The monoisotopic (exact) mass is 256 g/mol. The van der Waals surface area contributed by atoms with Gasteiger partial charge in [0, 0.05) is 11.1 Å². The molecule has 0 aromatic carbocycles. The molecule has 0 aromatic heterocycles. The molecule has 1 aliphatic rings. The summed E-state index contributed by atoms with van der Waals surface area (Å²) in [6.45, 7) is 9.69. The van der Waals surface area contributed by atoms with Crippen LogP contribution in [-0.4, -0.2) is 36.4 Å². The fourth-order valence-corrected chi connectivity index (χ4v) is 0.935. The molecule has 0 aliphatic carbocycles. The van der Waals surface area contributed by atoms with E-state index in [-0.39, 0.29) is 12.1 Å². The lowest BCUT2D eigenvalue weighted by Gasteiger charge is -1.99. The lowest BCUT2D eigenvalue weighted by Crippen LogP contribution is -2.09. The number of hydrogen-bond acceptors (Lipinski definition) is 4. The van der Waals surface area contributed by atoms with Gasteiger partial charge in [0.1, 0.15) is 12.7 Å². The van der Waals surface area contributed by atoms with E-state index in [0.29, 0.717) is 30.8 Å². The molecule has 102 valence electrons. The molecule has 0 saturated carbocycles. The summed E-state index contributed by atoms with van der Waals surface area (Å²) in [6, 6.07) is 0. The Labute approximate surface area is 107 Å². The van der Waals surface area contributed by atoms with Crippen molar-refractivity contribution in [1.82, 2.24) is 0 Å². The Morgan fingerprint density at radius 2 is 2.11 bits per heavy atom. The predicted molar refractivity (Wildman–Crippen MR) is 67.2 cm³/mol. The predicted octanol–water partition coefficient (Wildman–Crippen LogP) is 1.93. The number of aliphatic carboxylic acids is 1. The first kappa shape index (κ1) is 16.4. The zero-order valence-electron chi connectivity index (χ0n) is 11.1. The molecule has 0 aromatic rings. The zero-order chi connectivity index (χ0) is 14.1. The number of hydrogen-bond donors (Lipinski definition) is 1. The van der Waals surface area contributed by atoms with Gasteiger partial charge < -0.3 is 14.6 Å². The maximum Gasteiger partial charge on any atom is 0.333 e. The highest BCUT2D eigenvalue weighted by molar-refractivity contribution is 5.87. The third-order valence-electron chi connectivity index (χ3n) is 2.16. The van der Waals surface area contributed by atoms with Gasteiger partial charge >= 0.3 is 11.9 Å². The van der Waals surface area contributed by atoms with Crippen LogP contribution in [0.4, 0.5) is 0 Å². The Morgan fingerprint density at radius 3 is 2.33 bits per heavy atom. The van der Waals surface area contributed by atoms with Crippen molar-refractivity contribution in [3.05, 3.63) is 23.8 Å². The first-order chi connectivity index (χ1) is 8.42. The van der Waals surface area contributed by atoms with E-state index >= 15 is 0 Å². The number of rotatable bonds is 5. The number of carbonyl (C=O) groups is 2. The number of carbonyl (C=O) groups excluding carboxylic acids is 1. The van der Waals surface area contributed by atoms with Crippen LogP contribution in [0.15, 0.2) is 23.8 Å². The summed E-state index contributed by atoms with van der Waals surface area (Å²) >= 11 is 0. The normalized spacial score (nSPS) is 17.3. The SMILES string of the molecule is C=C(C)C(=O)OCC1CO1.CC=C(CC)C(=O)O. The first-order valence-electron chi connectivity index (χ1n) is 5.75. The Bertz CT molecular complexity index is 339. The van der Waals surface area contributed by atoms with Crippen LogP contribution in [0.5, 0.6) is 0 Å². The van der Waals surface area contributed by atoms with Crippen LogP contribution in [0.1, 0.15) is 27.2 Å². The molecule has 1 atom stereocenters. The largest absolute Gasteiger partial charge is 0.478 e. The average Bonchev–Trinajstić information content (AvgIpc) is 3.11. The van der Waals surface area contributed by atoms with Gasteiger partial charge in [0.05, 0.1) is 6.61 Å². The second-order valence-electron chi connectivity index (χ2n) is 3.81. The zero-order valence-corrected chi connectivity index (χ0v) is 11.1. The van der Waals surface area contributed by atoms with Crippen LogP contribution < -0.4 is 0 Å². The smallest absolute Gasteiger partial charge is 0.333 e. The van der Waals surface area contributed by atoms with Gasteiger partial charge in [-0.2, -0.15) is 0 Å². The van der Waals surface area contributed by atoms with E-state index in [9.17, 15) is 9.59 Å². The summed E-state index contributed by atoms with van der Waals surface area (Å²) in [5.74, 6) is -1.15. The van der Waals surface area contributed by atoms with Crippen LogP contribution in [0.25, 0.3) is 0 Å². The Kier molecular flexibility index (Phi) is 7.71.